The first-order valence-corrected chi connectivity index (χ1v) is 10.7. The summed E-state index contributed by atoms with van der Waals surface area (Å²) in [6.07, 6.45) is 24.8. The van der Waals surface area contributed by atoms with E-state index in [0.29, 0.717) is 6.54 Å². The van der Waals surface area contributed by atoms with Crippen LogP contribution in [0.25, 0.3) is 0 Å². The van der Waals surface area contributed by atoms with Crippen LogP contribution in [0.1, 0.15) is 109 Å². The van der Waals surface area contributed by atoms with Crippen molar-refractivity contribution in [3.8, 4) is 0 Å². The zero-order valence-corrected chi connectivity index (χ0v) is 16.1. The average Bonchev–Trinajstić information content (AvgIpc) is 2.57. The highest BCUT2D eigenvalue weighted by molar-refractivity contribution is 7.80. The number of nitrogens with zero attached hydrogens (tertiary/aromatic N) is 1. The van der Waals surface area contributed by atoms with Crippen LogP contribution in [0.3, 0.4) is 0 Å². The van der Waals surface area contributed by atoms with Gasteiger partial charge in [0.25, 0.3) is 0 Å². The summed E-state index contributed by atoms with van der Waals surface area (Å²) in [5, 5.41) is 0. The number of aliphatic imine (C=N–C) groups is 1. The van der Waals surface area contributed by atoms with Gasteiger partial charge in [-0.2, -0.15) is 12.6 Å². The first-order valence-electron chi connectivity index (χ1n) is 10.1. The Kier molecular flexibility index (Phi) is 21.5. The number of hydrogen-bond donors (Lipinski definition) is 1. The third-order valence-corrected chi connectivity index (χ3v) is 4.81. The number of rotatable bonds is 19. The van der Waals surface area contributed by atoms with Crippen molar-refractivity contribution in [2.24, 2.45) is 4.99 Å². The minimum Gasteiger partial charge on any atom is -0.211 e. The second-order valence-corrected chi connectivity index (χ2v) is 7.15. The number of unbranched alkanes of at least 4 members (excludes halogenated alkanes) is 16. The molecule has 136 valence electrons. The van der Waals surface area contributed by atoms with Crippen molar-refractivity contribution in [1.29, 1.82) is 0 Å². The summed E-state index contributed by atoms with van der Waals surface area (Å²) in [4.78, 5) is 13.5. The van der Waals surface area contributed by atoms with E-state index in [1.807, 2.05) is 0 Å². The summed E-state index contributed by atoms with van der Waals surface area (Å²) in [5.74, 6) is 1.05. The van der Waals surface area contributed by atoms with Gasteiger partial charge in [-0.05, 0) is 18.6 Å². The van der Waals surface area contributed by atoms with E-state index in [-0.39, 0.29) is 0 Å². The molecule has 0 rings (SSSR count). The third-order valence-electron chi connectivity index (χ3n) is 4.49. The highest BCUT2D eigenvalue weighted by atomic mass is 32.1. The molecule has 0 amide bonds. The predicted octanol–water partition coefficient (Wildman–Crippen LogP) is 6.88. The van der Waals surface area contributed by atoms with Crippen molar-refractivity contribution in [3.63, 3.8) is 0 Å². The topological polar surface area (TPSA) is 29.4 Å². The SMILES string of the molecule is O=C=NCCCCCCCCCCCCCCCCCCCS. The second-order valence-electron chi connectivity index (χ2n) is 6.71. The van der Waals surface area contributed by atoms with Crippen LogP contribution >= 0.6 is 12.6 Å². The molecule has 0 aromatic heterocycles. The molecule has 0 aliphatic carbocycles. The van der Waals surface area contributed by atoms with Gasteiger partial charge in [-0.25, -0.2) is 9.79 Å². The summed E-state index contributed by atoms with van der Waals surface area (Å²) in [7, 11) is 0. The van der Waals surface area contributed by atoms with E-state index in [0.717, 1.165) is 12.2 Å². The maximum Gasteiger partial charge on any atom is 0.234 e. The van der Waals surface area contributed by atoms with E-state index < -0.39 is 0 Å². The van der Waals surface area contributed by atoms with Crippen molar-refractivity contribution < 1.29 is 4.79 Å². The Hall–Kier alpha value is -0.270. The molecule has 0 N–H and O–H groups in total. The Balaban J connectivity index is 2.96. The number of isocyanates is 1. The van der Waals surface area contributed by atoms with Gasteiger partial charge in [-0.15, -0.1) is 0 Å². The molecule has 0 saturated heterocycles. The fraction of sp³-hybridized carbons (Fsp3) is 0.950. The van der Waals surface area contributed by atoms with Gasteiger partial charge in [0.2, 0.25) is 6.08 Å². The second kappa shape index (κ2) is 21.7. The van der Waals surface area contributed by atoms with Crippen molar-refractivity contribution in [3.05, 3.63) is 0 Å². The molecule has 0 aliphatic rings. The van der Waals surface area contributed by atoms with Gasteiger partial charge in [0, 0.05) is 0 Å². The zero-order chi connectivity index (χ0) is 16.8. The van der Waals surface area contributed by atoms with E-state index in [1.54, 1.807) is 6.08 Å². The molecule has 0 aromatic rings. The predicted molar refractivity (Wildman–Crippen MR) is 105 cm³/mol. The monoisotopic (exact) mass is 341 g/mol. The van der Waals surface area contributed by atoms with Crippen LogP contribution in [0.2, 0.25) is 0 Å². The molecule has 3 heteroatoms. The van der Waals surface area contributed by atoms with Crippen LogP contribution in [0.15, 0.2) is 4.99 Å². The standard InChI is InChI=1S/C20H39NOS/c22-20-21-18-16-14-12-10-8-6-4-2-1-3-5-7-9-11-13-15-17-19-23/h23H,1-19H2. The highest BCUT2D eigenvalue weighted by Crippen LogP contribution is 2.14. The van der Waals surface area contributed by atoms with Crippen molar-refractivity contribution >= 4 is 18.7 Å². The van der Waals surface area contributed by atoms with Gasteiger partial charge in [0.15, 0.2) is 0 Å². The molecule has 0 fully saturated rings. The summed E-state index contributed by atoms with van der Waals surface area (Å²) in [5.41, 5.74) is 0. The normalized spacial score (nSPS) is 10.7. The Labute approximate surface area is 150 Å². The van der Waals surface area contributed by atoms with Gasteiger partial charge in [-0.3, -0.25) is 0 Å². The molecular formula is C20H39NOS. The van der Waals surface area contributed by atoms with Crippen LogP contribution in [-0.4, -0.2) is 18.4 Å². The Bertz CT molecular complexity index is 264. The number of thiol groups is 1. The van der Waals surface area contributed by atoms with Crippen LogP contribution in [0.5, 0.6) is 0 Å². The Morgan fingerprint density at radius 1 is 0.522 bits per heavy atom. The van der Waals surface area contributed by atoms with Crippen LogP contribution in [-0.2, 0) is 4.79 Å². The summed E-state index contributed by atoms with van der Waals surface area (Å²) >= 11 is 4.24. The van der Waals surface area contributed by atoms with Crippen LogP contribution in [0, 0.1) is 0 Å². The first kappa shape index (κ1) is 22.7. The molecule has 0 saturated carbocycles. The van der Waals surface area contributed by atoms with Crippen molar-refractivity contribution in [2.45, 2.75) is 109 Å². The smallest absolute Gasteiger partial charge is 0.211 e. The third kappa shape index (κ3) is 21.7. The van der Waals surface area contributed by atoms with E-state index in [9.17, 15) is 4.79 Å². The summed E-state index contributed by atoms with van der Waals surface area (Å²) in [6, 6.07) is 0. The number of hydrogen-bond acceptors (Lipinski definition) is 3. The molecule has 0 aromatic carbocycles. The van der Waals surface area contributed by atoms with Crippen LogP contribution in [0.4, 0.5) is 0 Å². The number of carbonyl (C=O) groups excluding carboxylic acids is 1. The van der Waals surface area contributed by atoms with Crippen molar-refractivity contribution in [1.82, 2.24) is 0 Å². The molecule has 0 bridgehead atoms. The first-order chi connectivity index (χ1) is 11.4. The lowest BCUT2D eigenvalue weighted by Gasteiger charge is -2.03. The van der Waals surface area contributed by atoms with Gasteiger partial charge in [0.1, 0.15) is 0 Å². The molecule has 0 unspecified atom stereocenters. The molecule has 2 nitrogen and oxygen atoms in total. The van der Waals surface area contributed by atoms with Gasteiger partial charge in [-0.1, -0.05) is 96.3 Å². The molecular weight excluding hydrogens is 302 g/mol. The molecule has 0 aliphatic heterocycles. The van der Waals surface area contributed by atoms with Crippen molar-refractivity contribution in [2.75, 3.05) is 12.3 Å². The minimum absolute atomic E-state index is 0.666. The van der Waals surface area contributed by atoms with E-state index in [4.69, 9.17) is 0 Å². The maximum atomic E-state index is 9.89. The van der Waals surface area contributed by atoms with Gasteiger partial charge >= 0.3 is 0 Å². The molecule has 0 spiro atoms. The summed E-state index contributed by atoms with van der Waals surface area (Å²) in [6.45, 7) is 0.666. The fourth-order valence-corrected chi connectivity index (χ4v) is 3.22. The summed E-state index contributed by atoms with van der Waals surface area (Å²) < 4.78 is 0. The Morgan fingerprint density at radius 2 is 0.826 bits per heavy atom. The quantitative estimate of drug-likeness (QED) is 0.118. The van der Waals surface area contributed by atoms with E-state index in [1.165, 1.54) is 103 Å². The lowest BCUT2D eigenvalue weighted by atomic mass is 10.0. The molecule has 0 heterocycles. The molecule has 0 atom stereocenters. The van der Waals surface area contributed by atoms with Gasteiger partial charge in [0.05, 0.1) is 6.54 Å². The largest absolute Gasteiger partial charge is 0.234 e. The highest BCUT2D eigenvalue weighted by Gasteiger charge is 1.94. The Morgan fingerprint density at radius 3 is 1.13 bits per heavy atom. The van der Waals surface area contributed by atoms with Gasteiger partial charge < -0.3 is 0 Å². The lowest BCUT2D eigenvalue weighted by Crippen LogP contribution is -1.85. The maximum absolute atomic E-state index is 9.89. The van der Waals surface area contributed by atoms with E-state index >= 15 is 0 Å². The average molecular weight is 342 g/mol. The molecule has 23 heavy (non-hydrogen) atoms. The van der Waals surface area contributed by atoms with Crippen LogP contribution < -0.4 is 0 Å². The minimum atomic E-state index is 0.666. The zero-order valence-electron chi connectivity index (χ0n) is 15.2. The van der Waals surface area contributed by atoms with E-state index in [2.05, 4.69) is 17.6 Å². The lowest BCUT2D eigenvalue weighted by molar-refractivity contribution is 0.527. The fourth-order valence-electron chi connectivity index (χ4n) is 3.00. The molecule has 0 radical (unpaired) electrons.